The normalized spacial score (nSPS) is 18.4. The second-order valence-corrected chi connectivity index (χ2v) is 6.07. The van der Waals surface area contributed by atoms with Crippen LogP contribution in [0.5, 0.6) is 0 Å². The van der Waals surface area contributed by atoms with Crippen LogP contribution in [0.2, 0.25) is 0 Å². The summed E-state index contributed by atoms with van der Waals surface area (Å²) in [5.74, 6) is 1.02. The number of rotatable bonds is 5. The van der Waals surface area contributed by atoms with Gasteiger partial charge in [-0.05, 0) is 38.0 Å². The fourth-order valence-corrected chi connectivity index (χ4v) is 2.95. The Balaban J connectivity index is 1.84. The van der Waals surface area contributed by atoms with E-state index in [0.717, 1.165) is 23.8 Å². The van der Waals surface area contributed by atoms with Gasteiger partial charge in [0.25, 0.3) is 0 Å². The highest BCUT2D eigenvalue weighted by molar-refractivity contribution is 7.80. The second kappa shape index (κ2) is 4.44. The van der Waals surface area contributed by atoms with Gasteiger partial charge in [-0.1, -0.05) is 0 Å². The van der Waals surface area contributed by atoms with Gasteiger partial charge in [0.1, 0.15) is 0 Å². The van der Waals surface area contributed by atoms with E-state index >= 15 is 0 Å². The Bertz CT molecular complexity index is 331. The zero-order valence-corrected chi connectivity index (χ0v) is 11.1. The van der Waals surface area contributed by atoms with Crippen LogP contribution in [0.15, 0.2) is 5.38 Å². The van der Waals surface area contributed by atoms with E-state index in [2.05, 4.69) is 41.9 Å². The second-order valence-electron chi connectivity index (χ2n) is 4.69. The highest BCUT2D eigenvalue weighted by Crippen LogP contribution is 2.46. The highest BCUT2D eigenvalue weighted by atomic mass is 32.1. The summed E-state index contributed by atoms with van der Waals surface area (Å²) in [6.45, 7) is 4.19. The molecule has 1 aromatic heterocycles. The van der Waals surface area contributed by atoms with Gasteiger partial charge in [0, 0.05) is 18.5 Å². The Hall–Kier alpha value is -0.0600. The van der Waals surface area contributed by atoms with Crippen molar-refractivity contribution in [3.05, 3.63) is 16.1 Å². The number of aromatic nitrogens is 1. The number of hydrogen-bond acceptors (Lipinski definition) is 4. The van der Waals surface area contributed by atoms with Gasteiger partial charge >= 0.3 is 0 Å². The minimum Gasteiger partial charge on any atom is -0.300 e. The van der Waals surface area contributed by atoms with Gasteiger partial charge in [0.2, 0.25) is 0 Å². The van der Waals surface area contributed by atoms with E-state index in [4.69, 9.17) is 0 Å². The standard InChI is InChI=1S/C11H18N2S2/c1-9-12-10(6-15-9)5-13(2)7-11(8-14)3-4-11/h6,14H,3-5,7-8H2,1-2H3. The molecule has 0 amide bonds. The summed E-state index contributed by atoms with van der Waals surface area (Å²) in [6, 6.07) is 0. The average Bonchev–Trinajstić information content (AvgIpc) is 2.84. The quantitative estimate of drug-likeness (QED) is 0.799. The first-order valence-electron chi connectivity index (χ1n) is 5.34. The molecule has 1 aliphatic carbocycles. The maximum absolute atomic E-state index is 4.48. The van der Waals surface area contributed by atoms with Crippen LogP contribution < -0.4 is 0 Å². The van der Waals surface area contributed by atoms with Crippen LogP contribution in [0.4, 0.5) is 0 Å². The smallest absolute Gasteiger partial charge is 0.0897 e. The van der Waals surface area contributed by atoms with Crippen LogP contribution in [0.3, 0.4) is 0 Å². The van der Waals surface area contributed by atoms with Crippen LogP contribution >= 0.6 is 24.0 Å². The predicted octanol–water partition coefficient (Wildman–Crippen LogP) is 2.59. The third kappa shape index (κ3) is 2.95. The lowest BCUT2D eigenvalue weighted by Crippen LogP contribution is -2.27. The lowest BCUT2D eigenvalue weighted by Gasteiger charge is -2.21. The molecule has 4 heteroatoms. The van der Waals surface area contributed by atoms with Crippen molar-refractivity contribution in [3.8, 4) is 0 Å². The van der Waals surface area contributed by atoms with Crippen LogP contribution in [0.25, 0.3) is 0 Å². The molecule has 0 aromatic carbocycles. The molecule has 84 valence electrons. The zero-order valence-electron chi connectivity index (χ0n) is 9.36. The summed E-state index contributed by atoms with van der Waals surface area (Å²) in [4.78, 5) is 6.86. The fourth-order valence-electron chi connectivity index (χ4n) is 1.93. The SMILES string of the molecule is Cc1nc(CN(C)CC2(CS)CC2)cs1. The molecule has 0 atom stereocenters. The number of nitrogens with zero attached hydrogens (tertiary/aromatic N) is 2. The van der Waals surface area contributed by atoms with Crippen LogP contribution in [-0.2, 0) is 6.54 Å². The van der Waals surface area contributed by atoms with E-state index in [1.807, 2.05) is 0 Å². The molecule has 0 saturated heterocycles. The first-order valence-corrected chi connectivity index (χ1v) is 6.85. The monoisotopic (exact) mass is 242 g/mol. The number of aryl methyl sites for hydroxylation is 1. The van der Waals surface area contributed by atoms with Crippen LogP contribution in [0.1, 0.15) is 23.5 Å². The molecule has 1 saturated carbocycles. The fraction of sp³-hybridized carbons (Fsp3) is 0.727. The minimum absolute atomic E-state index is 0.517. The van der Waals surface area contributed by atoms with Gasteiger partial charge in [-0.2, -0.15) is 12.6 Å². The number of hydrogen-bond donors (Lipinski definition) is 1. The van der Waals surface area contributed by atoms with Gasteiger partial charge in [-0.25, -0.2) is 4.98 Å². The largest absolute Gasteiger partial charge is 0.300 e. The van der Waals surface area contributed by atoms with Crippen LogP contribution in [0, 0.1) is 12.3 Å². The van der Waals surface area contributed by atoms with Crippen molar-refractivity contribution in [2.75, 3.05) is 19.3 Å². The molecule has 1 fully saturated rings. The minimum atomic E-state index is 0.517. The molecule has 0 N–H and O–H groups in total. The predicted molar refractivity (Wildman–Crippen MR) is 68.7 cm³/mol. The Kier molecular flexibility index (Phi) is 3.38. The maximum atomic E-state index is 4.48. The summed E-state index contributed by atoms with van der Waals surface area (Å²) in [5, 5.41) is 3.32. The van der Waals surface area contributed by atoms with Crippen molar-refractivity contribution in [2.24, 2.45) is 5.41 Å². The van der Waals surface area contributed by atoms with Gasteiger partial charge in [0.05, 0.1) is 10.7 Å². The summed E-state index contributed by atoms with van der Waals surface area (Å²) in [7, 11) is 2.18. The Labute approximate surface area is 101 Å². The summed E-state index contributed by atoms with van der Waals surface area (Å²) in [6.07, 6.45) is 2.69. The molecule has 1 aliphatic rings. The molecule has 15 heavy (non-hydrogen) atoms. The van der Waals surface area contributed by atoms with E-state index in [-0.39, 0.29) is 0 Å². The third-order valence-corrected chi connectivity index (χ3v) is 4.49. The molecule has 2 rings (SSSR count). The maximum Gasteiger partial charge on any atom is 0.0897 e. The molecule has 0 bridgehead atoms. The van der Waals surface area contributed by atoms with Crippen molar-refractivity contribution in [1.29, 1.82) is 0 Å². The first-order chi connectivity index (χ1) is 7.13. The molecule has 1 heterocycles. The number of thiazole rings is 1. The van der Waals surface area contributed by atoms with Crippen molar-refractivity contribution in [3.63, 3.8) is 0 Å². The van der Waals surface area contributed by atoms with E-state index in [1.165, 1.54) is 18.5 Å². The highest BCUT2D eigenvalue weighted by Gasteiger charge is 2.41. The van der Waals surface area contributed by atoms with E-state index in [1.54, 1.807) is 11.3 Å². The van der Waals surface area contributed by atoms with Gasteiger partial charge in [-0.3, -0.25) is 4.90 Å². The van der Waals surface area contributed by atoms with Crippen molar-refractivity contribution in [2.45, 2.75) is 26.3 Å². The summed E-state index contributed by atoms with van der Waals surface area (Å²) >= 11 is 6.16. The molecule has 0 unspecified atom stereocenters. The van der Waals surface area contributed by atoms with E-state index in [9.17, 15) is 0 Å². The van der Waals surface area contributed by atoms with E-state index in [0.29, 0.717) is 5.41 Å². The summed E-state index contributed by atoms with van der Waals surface area (Å²) < 4.78 is 0. The number of thiol groups is 1. The van der Waals surface area contributed by atoms with Gasteiger partial charge in [0.15, 0.2) is 0 Å². The lowest BCUT2D eigenvalue weighted by atomic mass is 10.1. The third-order valence-electron chi connectivity index (χ3n) is 3.00. The van der Waals surface area contributed by atoms with Crippen molar-refractivity contribution < 1.29 is 0 Å². The van der Waals surface area contributed by atoms with E-state index < -0.39 is 0 Å². The molecular formula is C11H18N2S2. The van der Waals surface area contributed by atoms with Crippen LogP contribution in [-0.4, -0.2) is 29.2 Å². The zero-order chi connectivity index (χ0) is 10.9. The van der Waals surface area contributed by atoms with Crippen molar-refractivity contribution >= 4 is 24.0 Å². The molecular weight excluding hydrogens is 224 g/mol. The Morgan fingerprint density at radius 2 is 2.33 bits per heavy atom. The molecule has 0 radical (unpaired) electrons. The molecule has 0 aliphatic heterocycles. The summed E-state index contributed by atoms with van der Waals surface area (Å²) in [5.41, 5.74) is 1.72. The molecule has 2 nitrogen and oxygen atoms in total. The Morgan fingerprint density at radius 1 is 1.60 bits per heavy atom. The topological polar surface area (TPSA) is 16.1 Å². The average molecular weight is 242 g/mol. The first kappa shape index (κ1) is 11.4. The Morgan fingerprint density at radius 3 is 2.80 bits per heavy atom. The lowest BCUT2D eigenvalue weighted by molar-refractivity contribution is 0.268. The molecule has 1 aromatic rings. The van der Waals surface area contributed by atoms with Gasteiger partial charge < -0.3 is 0 Å². The molecule has 0 spiro atoms. The van der Waals surface area contributed by atoms with Gasteiger partial charge in [-0.15, -0.1) is 11.3 Å². The van der Waals surface area contributed by atoms with Crippen molar-refractivity contribution in [1.82, 2.24) is 9.88 Å².